The maximum Gasteiger partial charge on any atom is 0.417 e. The second-order valence-electron chi connectivity index (χ2n) is 10.8. The molecule has 208 valence electrons. The van der Waals surface area contributed by atoms with Crippen molar-refractivity contribution in [3.8, 4) is 5.75 Å². The third kappa shape index (κ3) is 6.01. The summed E-state index contributed by atoms with van der Waals surface area (Å²) < 4.78 is 46.9. The molecule has 0 saturated heterocycles. The quantitative estimate of drug-likeness (QED) is 0.388. The fourth-order valence-electron chi connectivity index (χ4n) is 6.45. The first kappa shape index (κ1) is 28.4. The van der Waals surface area contributed by atoms with Gasteiger partial charge in [0.05, 0.1) is 0 Å². The van der Waals surface area contributed by atoms with Gasteiger partial charge in [0.2, 0.25) is 0 Å². The molecule has 1 saturated carbocycles. The molecule has 1 amide bonds. The minimum absolute atomic E-state index is 0.239. The number of amides is 1. The zero-order valence-electron chi connectivity index (χ0n) is 22.3. The van der Waals surface area contributed by atoms with Gasteiger partial charge in [0.1, 0.15) is 5.75 Å². The van der Waals surface area contributed by atoms with Crippen molar-refractivity contribution in [3.05, 3.63) is 65.2 Å². The summed E-state index contributed by atoms with van der Waals surface area (Å²) >= 11 is 0. The molecule has 0 spiro atoms. The normalized spacial score (nSPS) is 25.0. The van der Waals surface area contributed by atoms with E-state index in [1.807, 2.05) is 42.5 Å². The summed E-state index contributed by atoms with van der Waals surface area (Å²) in [7, 11) is 0. The number of ether oxygens (including phenoxy) is 1. The number of nitrogens with zero attached hydrogens (tertiary/aromatic N) is 1. The van der Waals surface area contributed by atoms with Gasteiger partial charge in [-0.15, -0.1) is 0 Å². The van der Waals surface area contributed by atoms with E-state index < -0.39 is 23.3 Å². The smallest absolute Gasteiger partial charge is 0.410 e. The van der Waals surface area contributed by atoms with Gasteiger partial charge in [-0.2, -0.15) is 13.2 Å². The first-order valence-electron chi connectivity index (χ1n) is 13.7. The minimum atomic E-state index is -4.65. The monoisotopic (exact) mass is 532 g/mol. The van der Waals surface area contributed by atoms with Gasteiger partial charge in [-0.25, -0.2) is 4.79 Å². The fourth-order valence-corrected chi connectivity index (χ4v) is 6.45. The summed E-state index contributed by atoms with van der Waals surface area (Å²) in [4.78, 5) is 14.7. The van der Waals surface area contributed by atoms with Gasteiger partial charge in [0, 0.05) is 12.0 Å². The average Bonchev–Trinajstić information content (AvgIpc) is 2.89. The number of nitrogens with one attached hydrogen (secondary N) is 1. The lowest BCUT2D eigenvalue weighted by molar-refractivity contribution is -0.279. The highest BCUT2D eigenvalue weighted by Crippen LogP contribution is 2.57. The third-order valence-electron chi connectivity index (χ3n) is 8.64. The Morgan fingerprint density at radius 2 is 1.87 bits per heavy atom. The van der Waals surface area contributed by atoms with Crippen LogP contribution < -0.4 is 10.1 Å². The maximum absolute atomic E-state index is 13.8. The zero-order chi connectivity index (χ0) is 27.4. The highest BCUT2D eigenvalue weighted by molar-refractivity contribution is 5.70. The summed E-state index contributed by atoms with van der Waals surface area (Å²) in [6.07, 6.45) is -2.99. The molecule has 2 aromatic carbocycles. The molecular weight excluding hydrogens is 493 g/mol. The van der Waals surface area contributed by atoms with Crippen LogP contribution in [0.25, 0.3) is 0 Å². The van der Waals surface area contributed by atoms with Gasteiger partial charge in [-0.3, -0.25) is 0 Å². The number of halogens is 3. The highest BCUT2D eigenvalue weighted by Gasteiger charge is 2.61. The van der Waals surface area contributed by atoms with Gasteiger partial charge in [0.15, 0.2) is 5.60 Å². The van der Waals surface area contributed by atoms with E-state index in [1.165, 1.54) is 0 Å². The summed E-state index contributed by atoms with van der Waals surface area (Å²) in [5.41, 5.74) is -0.0955. The molecule has 2 aliphatic rings. The molecule has 8 heteroatoms. The molecule has 4 rings (SSSR count). The van der Waals surface area contributed by atoms with Gasteiger partial charge < -0.3 is 20.1 Å². The van der Waals surface area contributed by atoms with Crippen molar-refractivity contribution in [3.63, 3.8) is 0 Å². The van der Waals surface area contributed by atoms with Crippen LogP contribution in [0.4, 0.5) is 18.0 Å². The molecular formula is C30H39F3N2O3. The van der Waals surface area contributed by atoms with Gasteiger partial charge in [-0.05, 0) is 99.3 Å². The van der Waals surface area contributed by atoms with Crippen molar-refractivity contribution in [2.24, 2.45) is 5.92 Å². The number of hydrogen-bond donors (Lipinski definition) is 2. The SMILES string of the molecule is CCN(CC)CCCNC(=O)Oc1ccc2c(c1)CC[C@@H]1C[C@@](O)(C(F)(F)F)CC[C@@]21Cc1ccccc1. The van der Waals surface area contributed by atoms with E-state index in [0.717, 1.165) is 42.7 Å². The van der Waals surface area contributed by atoms with Crippen molar-refractivity contribution in [2.75, 3.05) is 26.2 Å². The Morgan fingerprint density at radius 1 is 1.13 bits per heavy atom. The predicted octanol–water partition coefficient (Wildman–Crippen LogP) is 6.03. The van der Waals surface area contributed by atoms with Crippen LogP contribution in [-0.4, -0.2) is 54.1 Å². The molecule has 2 aromatic rings. The minimum Gasteiger partial charge on any atom is -0.410 e. The Labute approximate surface area is 223 Å². The predicted molar refractivity (Wildman–Crippen MR) is 141 cm³/mol. The van der Waals surface area contributed by atoms with Gasteiger partial charge in [0.25, 0.3) is 0 Å². The number of aliphatic hydroxyl groups is 1. The largest absolute Gasteiger partial charge is 0.417 e. The van der Waals surface area contributed by atoms with Crippen LogP contribution in [0.1, 0.15) is 62.6 Å². The second kappa shape index (κ2) is 11.7. The topological polar surface area (TPSA) is 61.8 Å². The fraction of sp³-hybridized carbons (Fsp3) is 0.567. The van der Waals surface area contributed by atoms with Crippen LogP contribution in [0.15, 0.2) is 48.5 Å². The Kier molecular flexibility index (Phi) is 8.72. The number of aryl methyl sites for hydroxylation is 1. The second-order valence-corrected chi connectivity index (χ2v) is 10.8. The molecule has 5 nitrogen and oxygen atoms in total. The van der Waals surface area contributed by atoms with E-state index in [2.05, 4.69) is 24.1 Å². The number of carbonyl (C=O) groups excluding carboxylic acids is 1. The van der Waals surface area contributed by atoms with Gasteiger partial charge >= 0.3 is 12.3 Å². The molecule has 2 N–H and O–H groups in total. The summed E-state index contributed by atoms with van der Waals surface area (Å²) in [6, 6.07) is 15.3. The molecule has 0 radical (unpaired) electrons. The molecule has 1 fully saturated rings. The lowest BCUT2D eigenvalue weighted by Crippen LogP contribution is -2.56. The van der Waals surface area contributed by atoms with Crippen molar-refractivity contribution in [1.82, 2.24) is 10.2 Å². The van der Waals surface area contributed by atoms with E-state index in [1.54, 1.807) is 6.07 Å². The average molecular weight is 533 g/mol. The Hall–Kier alpha value is -2.58. The summed E-state index contributed by atoms with van der Waals surface area (Å²) in [5.74, 6) is 0.123. The van der Waals surface area contributed by atoms with Crippen molar-refractivity contribution < 1.29 is 27.8 Å². The van der Waals surface area contributed by atoms with Gasteiger partial charge in [-0.1, -0.05) is 50.2 Å². The molecule has 0 aliphatic heterocycles. The first-order chi connectivity index (χ1) is 18.1. The third-order valence-corrected chi connectivity index (χ3v) is 8.64. The number of carbonyl (C=O) groups is 1. The molecule has 0 aromatic heterocycles. The number of hydrogen-bond acceptors (Lipinski definition) is 4. The Balaban J connectivity index is 1.52. The molecule has 0 unspecified atom stereocenters. The first-order valence-corrected chi connectivity index (χ1v) is 13.7. The van der Waals surface area contributed by atoms with Crippen LogP contribution >= 0.6 is 0 Å². The number of alkyl halides is 3. The highest BCUT2D eigenvalue weighted by atomic mass is 19.4. The van der Waals surface area contributed by atoms with Crippen LogP contribution in [0, 0.1) is 5.92 Å². The number of benzene rings is 2. The molecule has 3 atom stereocenters. The van der Waals surface area contributed by atoms with Crippen LogP contribution in [-0.2, 0) is 18.3 Å². The lowest BCUT2D eigenvalue weighted by atomic mass is 9.52. The lowest BCUT2D eigenvalue weighted by Gasteiger charge is -2.53. The number of rotatable bonds is 9. The van der Waals surface area contributed by atoms with Crippen LogP contribution in [0.5, 0.6) is 5.75 Å². The maximum atomic E-state index is 13.8. The Morgan fingerprint density at radius 3 is 2.55 bits per heavy atom. The van der Waals surface area contributed by atoms with E-state index in [-0.39, 0.29) is 25.2 Å². The van der Waals surface area contributed by atoms with Crippen molar-refractivity contribution in [1.29, 1.82) is 0 Å². The van der Waals surface area contributed by atoms with E-state index in [9.17, 15) is 23.1 Å². The van der Waals surface area contributed by atoms with E-state index >= 15 is 0 Å². The zero-order valence-corrected chi connectivity index (χ0v) is 22.3. The van der Waals surface area contributed by atoms with E-state index in [0.29, 0.717) is 31.6 Å². The van der Waals surface area contributed by atoms with E-state index in [4.69, 9.17) is 4.74 Å². The molecule has 38 heavy (non-hydrogen) atoms. The van der Waals surface area contributed by atoms with Crippen molar-refractivity contribution in [2.45, 2.75) is 76.0 Å². The van der Waals surface area contributed by atoms with Crippen LogP contribution in [0.2, 0.25) is 0 Å². The number of fused-ring (bicyclic) bond motifs is 3. The molecule has 0 bridgehead atoms. The van der Waals surface area contributed by atoms with Crippen LogP contribution in [0.3, 0.4) is 0 Å². The Bertz CT molecular complexity index is 1090. The standard InChI is InChI=1S/C30H39F3N2O3/c1-3-35(4-2)18-8-17-34-27(36)38-25-13-14-26-23(19-25)11-12-24-21-29(37,30(31,32)33)16-15-28(24,26)20-22-9-6-5-7-10-22/h5-7,9-10,13-14,19,24,37H,3-4,8,11-12,15-18,20-21H2,1-2H3,(H,34,36)/t24-,28+,29-/m1/s1. The summed E-state index contributed by atoms with van der Waals surface area (Å²) in [5, 5.41) is 13.4. The van der Waals surface area contributed by atoms with Crippen molar-refractivity contribution >= 4 is 6.09 Å². The summed E-state index contributed by atoms with van der Waals surface area (Å²) in [6.45, 7) is 7.58. The molecule has 2 aliphatic carbocycles. The molecule has 0 heterocycles.